The van der Waals surface area contributed by atoms with Gasteiger partial charge in [-0.3, -0.25) is 9.48 Å². The number of amides is 1. The van der Waals surface area contributed by atoms with Crippen molar-refractivity contribution in [2.24, 2.45) is 7.05 Å². The minimum atomic E-state index is 0.00856. The van der Waals surface area contributed by atoms with Gasteiger partial charge < -0.3 is 15.0 Å². The summed E-state index contributed by atoms with van der Waals surface area (Å²) in [5.74, 6) is 0.867. The standard InChI is InChI=1S/C18H24N4O2/c1-13(2)24-15-6-4-14(5-7-15)17-12-19-10-11-22(17)18(23)16-8-9-20-21(16)3/h4-9,13,17,19H,10-12H2,1-3H3/t17-/m1/s1. The summed E-state index contributed by atoms with van der Waals surface area (Å²) >= 11 is 0. The summed E-state index contributed by atoms with van der Waals surface area (Å²) in [6.45, 7) is 6.24. The van der Waals surface area contributed by atoms with Crippen LogP contribution in [0, 0.1) is 0 Å². The number of aromatic nitrogens is 2. The highest BCUT2D eigenvalue weighted by molar-refractivity contribution is 5.93. The van der Waals surface area contributed by atoms with Crippen molar-refractivity contribution in [2.75, 3.05) is 19.6 Å². The number of rotatable bonds is 4. The van der Waals surface area contributed by atoms with Gasteiger partial charge in [-0.1, -0.05) is 12.1 Å². The van der Waals surface area contributed by atoms with Crippen LogP contribution in [0.25, 0.3) is 0 Å². The van der Waals surface area contributed by atoms with Crippen molar-refractivity contribution in [3.05, 3.63) is 47.8 Å². The fraction of sp³-hybridized carbons (Fsp3) is 0.444. The number of hydrogen-bond donors (Lipinski definition) is 1. The quantitative estimate of drug-likeness (QED) is 0.932. The first kappa shape index (κ1) is 16.5. The van der Waals surface area contributed by atoms with Gasteiger partial charge in [-0.2, -0.15) is 5.10 Å². The van der Waals surface area contributed by atoms with Gasteiger partial charge in [0.25, 0.3) is 5.91 Å². The molecule has 0 bridgehead atoms. The summed E-state index contributed by atoms with van der Waals surface area (Å²) in [6, 6.07) is 9.79. The lowest BCUT2D eigenvalue weighted by Crippen LogP contribution is -2.49. The number of nitrogens with one attached hydrogen (secondary N) is 1. The average molecular weight is 328 g/mol. The number of ether oxygens (including phenoxy) is 1. The predicted octanol–water partition coefficient (Wildman–Crippen LogP) is 1.99. The molecule has 1 amide bonds. The zero-order valence-corrected chi connectivity index (χ0v) is 14.4. The molecule has 1 saturated heterocycles. The van der Waals surface area contributed by atoms with Crippen LogP contribution >= 0.6 is 0 Å². The maximum Gasteiger partial charge on any atom is 0.272 e. The fourth-order valence-electron chi connectivity index (χ4n) is 3.02. The third-order valence-corrected chi connectivity index (χ3v) is 4.18. The maximum absolute atomic E-state index is 12.9. The highest BCUT2D eigenvalue weighted by Gasteiger charge is 2.29. The van der Waals surface area contributed by atoms with E-state index in [9.17, 15) is 4.79 Å². The normalized spacial score (nSPS) is 18.0. The van der Waals surface area contributed by atoms with E-state index in [-0.39, 0.29) is 18.1 Å². The summed E-state index contributed by atoms with van der Waals surface area (Å²) in [4.78, 5) is 14.8. The van der Waals surface area contributed by atoms with Gasteiger partial charge in [-0.15, -0.1) is 0 Å². The summed E-state index contributed by atoms with van der Waals surface area (Å²) in [5.41, 5.74) is 1.72. The number of nitrogens with zero attached hydrogens (tertiary/aromatic N) is 3. The van der Waals surface area contributed by atoms with E-state index in [4.69, 9.17) is 4.74 Å². The Bertz CT molecular complexity index is 693. The van der Waals surface area contributed by atoms with Gasteiger partial charge in [0.15, 0.2) is 0 Å². The zero-order chi connectivity index (χ0) is 17.1. The SMILES string of the molecule is CC(C)Oc1ccc([C@H]2CNCCN2C(=O)c2ccnn2C)cc1. The van der Waals surface area contributed by atoms with Gasteiger partial charge in [0.05, 0.1) is 12.1 Å². The summed E-state index contributed by atoms with van der Waals surface area (Å²) in [5, 5.41) is 7.48. The molecule has 6 nitrogen and oxygen atoms in total. The number of carbonyl (C=O) groups excluding carboxylic acids is 1. The lowest BCUT2D eigenvalue weighted by atomic mass is 10.0. The summed E-state index contributed by atoms with van der Waals surface area (Å²) in [7, 11) is 1.79. The topological polar surface area (TPSA) is 59.4 Å². The monoisotopic (exact) mass is 328 g/mol. The zero-order valence-electron chi connectivity index (χ0n) is 14.4. The molecule has 1 aromatic heterocycles. The number of carbonyl (C=O) groups is 1. The van der Waals surface area contributed by atoms with Gasteiger partial charge in [-0.05, 0) is 37.6 Å². The lowest BCUT2D eigenvalue weighted by molar-refractivity contribution is 0.0623. The molecule has 0 unspecified atom stereocenters. The van der Waals surface area contributed by atoms with Crippen molar-refractivity contribution < 1.29 is 9.53 Å². The molecule has 1 aliphatic rings. The highest BCUT2D eigenvalue weighted by atomic mass is 16.5. The first-order valence-electron chi connectivity index (χ1n) is 8.32. The third-order valence-electron chi connectivity index (χ3n) is 4.18. The Balaban J connectivity index is 1.82. The molecule has 1 atom stereocenters. The van der Waals surface area contributed by atoms with Crippen LogP contribution in [0.4, 0.5) is 0 Å². The maximum atomic E-state index is 12.9. The molecule has 1 aliphatic heterocycles. The van der Waals surface area contributed by atoms with Gasteiger partial charge in [-0.25, -0.2) is 0 Å². The minimum Gasteiger partial charge on any atom is -0.491 e. The van der Waals surface area contributed by atoms with Crippen molar-refractivity contribution in [1.82, 2.24) is 20.0 Å². The van der Waals surface area contributed by atoms with Crippen LogP contribution in [0.2, 0.25) is 0 Å². The van der Waals surface area contributed by atoms with Crippen molar-refractivity contribution in [3.63, 3.8) is 0 Å². The lowest BCUT2D eigenvalue weighted by Gasteiger charge is -2.36. The third kappa shape index (κ3) is 3.43. The summed E-state index contributed by atoms with van der Waals surface area (Å²) in [6.07, 6.45) is 1.80. The van der Waals surface area contributed by atoms with E-state index in [0.29, 0.717) is 12.2 Å². The van der Waals surface area contributed by atoms with Crippen LogP contribution in [0.3, 0.4) is 0 Å². The Morgan fingerprint density at radius 1 is 1.29 bits per heavy atom. The first-order chi connectivity index (χ1) is 11.6. The highest BCUT2D eigenvalue weighted by Crippen LogP contribution is 2.26. The number of hydrogen-bond acceptors (Lipinski definition) is 4. The Labute approximate surface area is 142 Å². The number of aryl methyl sites for hydroxylation is 1. The smallest absolute Gasteiger partial charge is 0.272 e. The van der Waals surface area contributed by atoms with Crippen molar-refractivity contribution in [3.8, 4) is 5.75 Å². The largest absolute Gasteiger partial charge is 0.491 e. The molecule has 24 heavy (non-hydrogen) atoms. The molecule has 0 radical (unpaired) electrons. The minimum absolute atomic E-state index is 0.00856. The van der Waals surface area contributed by atoms with Crippen LogP contribution in [0.5, 0.6) is 5.75 Å². The Hall–Kier alpha value is -2.34. The van der Waals surface area contributed by atoms with E-state index in [2.05, 4.69) is 10.4 Å². The van der Waals surface area contributed by atoms with Crippen molar-refractivity contribution in [2.45, 2.75) is 26.0 Å². The second-order valence-corrected chi connectivity index (χ2v) is 6.29. The van der Waals surface area contributed by atoms with Crippen LogP contribution < -0.4 is 10.1 Å². The molecule has 0 saturated carbocycles. The molecule has 128 valence electrons. The molecule has 0 spiro atoms. The molecule has 1 aromatic carbocycles. The van der Waals surface area contributed by atoms with Crippen LogP contribution in [0.15, 0.2) is 36.5 Å². The fourth-order valence-corrected chi connectivity index (χ4v) is 3.02. The molecule has 1 N–H and O–H groups in total. The van der Waals surface area contributed by atoms with Crippen LogP contribution in [-0.4, -0.2) is 46.3 Å². The Morgan fingerprint density at radius 3 is 2.67 bits per heavy atom. The van der Waals surface area contributed by atoms with E-state index >= 15 is 0 Å². The first-order valence-corrected chi connectivity index (χ1v) is 8.32. The van der Waals surface area contributed by atoms with Gasteiger partial charge in [0, 0.05) is 32.9 Å². The van der Waals surface area contributed by atoms with Crippen molar-refractivity contribution >= 4 is 5.91 Å². The molecular weight excluding hydrogens is 304 g/mol. The molecule has 2 heterocycles. The van der Waals surface area contributed by atoms with E-state index < -0.39 is 0 Å². The van der Waals surface area contributed by atoms with E-state index in [1.165, 1.54) is 0 Å². The number of piperazine rings is 1. The van der Waals surface area contributed by atoms with E-state index in [0.717, 1.165) is 24.4 Å². The second kappa shape index (κ2) is 7.05. The second-order valence-electron chi connectivity index (χ2n) is 6.29. The van der Waals surface area contributed by atoms with Gasteiger partial charge in [0.1, 0.15) is 11.4 Å². The molecule has 6 heteroatoms. The van der Waals surface area contributed by atoms with Gasteiger partial charge in [0.2, 0.25) is 0 Å². The average Bonchev–Trinajstić information content (AvgIpc) is 3.00. The molecule has 1 fully saturated rings. The molecule has 0 aliphatic carbocycles. The van der Waals surface area contributed by atoms with Crippen molar-refractivity contribution in [1.29, 1.82) is 0 Å². The molecule has 2 aromatic rings. The van der Waals surface area contributed by atoms with E-state index in [1.807, 2.05) is 43.0 Å². The number of benzene rings is 1. The van der Waals surface area contributed by atoms with Crippen LogP contribution in [0.1, 0.15) is 35.9 Å². The predicted molar refractivity (Wildman–Crippen MR) is 92.1 cm³/mol. The van der Waals surface area contributed by atoms with E-state index in [1.54, 1.807) is 24.0 Å². The Kier molecular flexibility index (Phi) is 4.85. The van der Waals surface area contributed by atoms with Crippen LogP contribution in [-0.2, 0) is 7.05 Å². The summed E-state index contributed by atoms with van der Waals surface area (Å²) < 4.78 is 7.32. The molecular formula is C18H24N4O2. The van der Waals surface area contributed by atoms with Gasteiger partial charge >= 0.3 is 0 Å². The Morgan fingerprint density at radius 2 is 2.04 bits per heavy atom. The molecule has 3 rings (SSSR count).